The number of hydrogen-bond donors (Lipinski definition) is 1. The number of amides is 1. The van der Waals surface area contributed by atoms with Gasteiger partial charge in [0, 0.05) is 24.8 Å². The molecule has 2 aromatic carbocycles. The lowest BCUT2D eigenvalue weighted by Gasteiger charge is -2.27. The van der Waals surface area contributed by atoms with Crippen LogP contribution in [-0.2, 0) is 6.54 Å². The molecule has 1 aromatic heterocycles. The summed E-state index contributed by atoms with van der Waals surface area (Å²) in [6.45, 7) is 4.59. The molecule has 0 saturated heterocycles. The van der Waals surface area contributed by atoms with E-state index in [1.807, 2.05) is 49.1 Å². The number of nitrogens with one attached hydrogen (secondary N) is 1. The van der Waals surface area contributed by atoms with Gasteiger partial charge in [-0.1, -0.05) is 30.3 Å². The average Bonchev–Trinajstić information content (AvgIpc) is 2.69. The van der Waals surface area contributed by atoms with Gasteiger partial charge in [-0.05, 0) is 37.6 Å². The lowest BCUT2D eigenvalue weighted by atomic mass is 10.2. The molecule has 0 spiro atoms. The maximum Gasteiger partial charge on any atom is 0.274 e. The summed E-state index contributed by atoms with van der Waals surface area (Å²) in [6.07, 6.45) is 1.48. The van der Waals surface area contributed by atoms with Gasteiger partial charge in [0.25, 0.3) is 5.91 Å². The van der Waals surface area contributed by atoms with Crippen molar-refractivity contribution >= 4 is 17.5 Å². The molecule has 3 rings (SSSR count). The first-order valence-corrected chi connectivity index (χ1v) is 8.84. The van der Waals surface area contributed by atoms with Crippen molar-refractivity contribution in [2.24, 2.45) is 0 Å². The van der Waals surface area contributed by atoms with Crippen LogP contribution in [0.3, 0.4) is 0 Å². The Balaban J connectivity index is 1.82. The molecule has 0 fully saturated rings. The molecule has 0 atom stereocenters. The molecule has 3 aromatic rings. The quantitative estimate of drug-likeness (QED) is 0.686. The Morgan fingerprint density at radius 1 is 1.11 bits per heavy atom. The van der Waals surface area contributed by atoms with Crippen LogP contribution in [0.25, 0.3) is 0 Å². The molecule has 1 N–H and O–H groups in total. The lowest BCUT2D eigenvalue weighted by molar-refractivity contribution is 0.102. The monoisotopic (exact) mass is 382 g/mol. The summed E-state index contributed by atoms with van der Waals surface area (Å²) in [4.78, 5) is 23.1. The van der Waals surface area contributed by atoms with Gasteiger partial charge < -0.3 is 10.2 Å². The maximum absolute atomic E-state index is 13.8. The normalized spacial score (nSPS) is 10.8. The molecule has 28 heavy (non-hydrogen) atoms. The number of benzene rings is 2. The van der Waals surface area contributed by atoms with Crippen molar-refractivity contribution < 1.29 is 13.6 Å². The van der Waals surface area contributed by atoms with Gasteiger partial charge in [0.15, 0.2) is 0 Å². The summed E-state index contributed by atoms with van der Waals surface area (Å²) in [5.74, 6) is -1.77. The number of nitrogens with zero attached hydrogens (tertiary/aromatic N) is 3. The van der Waals surface area contributed by atoms with E-state index in [0.29, 0.717) is 18.6 Å². The maximum atomic E-state index is 13.8. The van der Waals surface area contributed by atoms with Gasteiger partial charge in [-0.25, -0.2) is 18.7 Å². The molecule has 7 heteroatoms. The van der Waals surface area contributed by atoms with Crippen LogP contribution in [0.15, 0.2) is 60.8 Å². The molecular weight excluding hydrogens is 362 g/mol. The molecule has 1 amide bonds. The van der Waals surface area contributed by atoms with Gasteiger partial charge in [0.05, 0.1) is 5.69 Å². The van der Waals surface area contributed by atoms with Crippen LogP contribution < -0.4 is 10.2 Å². The fourth-order valence-corrected chi connectivity index (χ4v) is 2.65. The summed E-state index contributed by atoms with van der Waals surface area (Å²) < 4.78 is 26.8. The van der Waals surface area contributed by atoms with Gasteiger partial charge in [0.1, 0.15) is 17.3 Å². The van der Waals surface area contributed by atoms with E-state index in [1.165, 1.54) is 18.3 Å². The van der Waals surface area contributed by atoms with E-state index in [2.05, 4.69) is 15.3 Å². The molecule has 1 heterocycles. The summed E-state index contributed by atoms with van der Waals surface area (Å²) in [5, 5.41) is 2.41. The zero-order valence-electron chi connectivity index (χ0n) is 15.6. The predicted octanol–water partition coefficient (Wildman–Crippen LogP) is 4.42. The molecule has 144 valence electrons. The highest BCUT2D eigenvalue weighted by Gasteiger charge is 2.17. The van der Waals surface area contributed by atoms with Crippen molar-refractivity contribution in [2.45, 2.75) is 26.4 Å². The number of hydrogen-bond acceptors (Lipinski definition) is 4. The van der Waals surface area contributed by atoms with E-state index >= 15 is 0 Å². The Morgan fingerprint density at radius 2 is 1.86 bits per heavy atom. The standard InChI is InChI=1S/C21H20F2N4O/c1-14(2)27(13-15-6-4-3-5-7-15)21-24-11-10-19(26-21)20(28)25-18-9-8-16(22)12-17(18)23/h3-12,14H,13H2,1-2H3,(H,25,28). The molecule has 0 saturated carbocycles. The van der Waals surface area contributed by atoms with E-state index in [-0.39, 0.29) is 17.4 Å². The van der Waals surface area contributed by atoms with E-state index in [4.69, 9.17) is 0 Å². The smallest absolute Gasteiger partial charge is 0.274 e. The molecule has 0 bridgehead atoms. The Kier molecular flexibility index (Phi) is 5.93. The third kappa shape index (κ3) is 4.68. The van der Waals surface area contributed by atoms with Crippen molar-refractivity contribution in [3.63, 3.8) is 0 Å². The SMILES string of the molecule is CC(C)N(Cc1ccccc1)c1nccc(C(=O)Nc2ccc(F)cc2F)n1. The van der Waals surface area contributed by atoms with E-state index in [0.717, 1.165) is 11.6 Å². The molecule has 5 nitrogen and oxygen atoms in total. The van der Waals surface area contributed by atoms with Gasteiger partial charge >= 0.3 is 0 Å². The van der Waals surface area contributed by atoms with Gasteiger partial charge in [-0.2, -0.15) is 0 Å². The molecule has 0 unspecified atom stereocenters. The Hall–Kier alpha value is -3.35. The molecule has 0 aliphatic rings. The number of aromatic nitrogens is 2. The summed E-state index contributed by atoms with van der Waals surface area (Å²) in [6, 6.07) is 14.3. The fourth-order valence-electron chi connectivity index (χ4n) is 2.65. The number of carbonyl (C=O) groups is 1. The zero-order chi connectivity index (χ0) is 20.1. The van der Waals surface area contributed by atoms with Crippen molar-refractivity contribution in [1.82, 2.24) is 9.97 Å². The minimum absolute atomic E-state index is 0.0902. The number of rotatable bonds is 6. The van der Waals surface area contributed by atoms with Crippen molar-refractivity contribution in [2.75, 3.05) is 10.2 Å². The van der Waals surface area contributed by atoms with Crippen LogP contribution >= 0.6 is 0 Å². The van der Waals surface area contributed by atoms with Gasteiger partial charge in [-0.3, -0.25) is 4.79 Å². The van der Waals surface area contributed by atoms with Crippen LogP contribution in [-0.4, -0.2) is 21.9 Å². The number of carbonyl (C=O) groups excluding carboxylic acids is 1. The second-order valence-electron chi connectivity index (χ2n) is 6.53. The largest absolute Gasteiger partial charge is 0.334 e. The zero-order valence-corrected chi connectivity index (χ0v) is 15.6. The third-order valence-corrected chi connectivity index (χ3v) is 4.13. The fraction of sp³-hybridized carbons (Fsp3) is 0.190. The highest BCUT2D eigenvalue weighted by molar-refractivity contribution is 6.03. The van der Waals surface area contributed by atoms with Crippen molar-refractivity contribution in [3.8, 4) is 0 Å². The summed E-state index contributed by atoms with van der Waals surface area (Å²) >= 11 is 0. The van der Waals surface area contributed by atoms with Crippen LogP contribution in [0, 0.1) is 11.6 Å². The minimum Gasteiger partial charge on any atom is -0.334 e. The first kappa shape index (κ1) is 19.4. The van der Waals surface area contributed by atoms with Crippen LogP contribution in [0.5, 0.6) is 0 Å². The molecule has 0 aliphatic heterocycles. The first-order chi connectivity index (χ1) is 13.4. The molecule has 0 radical (unpaired) electrons. The minimum atomic E-state index is -0.851. The Morgan fingerprint density at radius 3 is 2.54 bits per heavy atom. The highest BCUT2D eigenvalue weighted by Crippen LogP contribution is 2.18. The summed E-state index contributed by atoms with van der Waals surface area (Å²) in [5.41, 5.74) is 1.06. The van der Waals surface area contributed by atoms with E-state index in [1.54, 1.807) is 0 Å². The van der Waals surface area contributed by atoms with Crippen LogP contribution in [0.4, 0.5) is 20.4 Å². The second kappa shape index (κ2) is 8.56. The Bertz CT molecular complexity index is 964. The van der Waals surface area contributed by atoms with Crippen LogP contribution in [0.1, 0.15) is 29.9 Å². The first-order valence-electron chi connectivity index (χ1n) is 8.84. The van der Waals surface area contributed by atoms with Gasteiger partial charge in [0.2, 0.25) is 5.95 Å². The predicted molar refractivity (Wildman–Crippen MR) is 104 cm³/mol. The second-order valence-corrected chi connectivity index (χ2v) is 6.53. The molecular formula is C21H20F2N4O. The van der Waals surface area contributed by atoms with Gasteiger partial charge in [-0.15, -0.1) is 0 Å². The van der Waals surface area contributed by atoms with Crippen molar-refractivity contribution in [1.29, 1.82) is 0 Å². The van der Waals surface area contributed by atoms with Crippen molar-refractivity contribution in [3.05, 3.63) is 83.7 Å². The van der Waals surface area contributed by atoms with E-state index in [9.17, 15) is 13.6 Å². The summed E-state index contributed by atoms with van der Waals surface area (Å²) in [7, 11) is 0. The lowest BCUT2D eigenvalue weighted by Crippen LogP contribution is -2.32. The number of halogens is 2. The van der Waals surface area contributed by atoms with Crippen LogP contribution in [0.2, 0.25) is 0 Å². The highest BCUT2D eigenvalue weighted by atomic mass is 19.1. The van der Waals surface area contributed by atoms with E-state index < -0.39 is 17.5 Å². The average molecular weight is 382 g/mol. The Labute approximate surface area is 162 Å². The molecule has 0 aliphatic carbocycles. The third-order valence-electron chi connectivity index (χ3n) is 4.13. The number of anilines is 2. The topological polar surface area (TPSA) is 58.1 Å².